The summed E-state index contributed by atoms with van der Waals surface area (Å²) in [5.74, 6) is -0.632. The van der Waals surface area contributed by atoms with Gasteiger partial charge in [0.05, 0.1) is 11.1 Å². The van der Waals surface area contributed by atoms with Crippen LogP contribution in [-0.4, -0.2) is 21.9 Å². The fourth-order valence-corrected chi connectivity index (χ4v) is 2.90. The van der Waals surface area contributed by atoms with E-state index in [0.29, 0.717) is 16.9 Å². The Hall–Kier alpha value is -4.58. The molecule has 0 heterocycles. The second-order valence-corrected chi connectivity index (χ2v) is 6.77. The number of ketones is 1. The quantitative estimate of drug-likeness (QED) is 0.275. The van der Waals surface area contributed by atoms with Gasteiger partial charge in [0.15, 0.2) is 5.78 Å². The van der Waals surface area contributed by atoms with Gasteiger partial charge in [-0.2, -0.15) is 0 Å². The Kier molecular flexibility index (Phi) is 7.22. The number of para-hydroxylation sites is 4. The van der Waals surface area contributed by atoms with E-state index in [1.165, 1.54) is 12.1 Å². The first kappa shape index (κ1) is 22.1. The summed E-state index contributed by atoms with van der Waals surface area (Å²) in [6.45, 7) is 0. The number of nitrogens with one attached hydrogen (secondary N) is 1. The van der Waals surface area contributed by atoms with Gasteiger partial charge in [0.1, 0.15) is 11.5 Å². The summed E-state index contributed by atoms with van der Waals surface area (Å²) < 4.78 is 0. The molecular formula is C26H22N2O4. The number of phenolic OH excluding ortho intramolecular Hbond substituents is 2. The van der Waals surface area contributed by atoms with Crippen LogP contribution in [0.1, 0.15) is 26.3 Å². The molecule has 1 amide bonds. The van der Waals surface area contributed by atoms with Crippen LogP contribution < -0.4 is 11.1 Å². The lowest BCUT2D eigenvalue weighted by molar-refractivity contribution is 0.102. The molecule has 4 rings (SSSR count). The van der Waals surface area contributed by atoms with E-state index in [9.17, 15) is 19.8 Å². The van der Waals surface area contributed by atoms with Crippen LogP contribution in [0.15, 0.2) is 103 Å². The largest absolute Gasteiger partial charge is 0.507 e. The van der Waals surface area contributed by atoms with Gasteiger partial charge >= 0.3 is 0 Å². The van der Waals surface area contributed by atoms with E-state index >= 15 is 0 Å². The Morgan fingerprint density at radius 1 is 0.594 bits per heavy atom. The number of nitrogens with two attached hydrogens (primary N) is 1. The number of carbonyl (C=O) groups is 2. The molecular weight excluding hydrogens is 404 g/mol. The predicted molar refractivity (Wildman–Crippen MR) is 125 cm³/mol. The van der Waals surface area contributed by atoms with Gasteiger partial charge < -0.3 is 21.3 Å². The van der Waals surface area contributed by atoms with Crippen molar-refractivity contribution in [1.29, 1.82) is 0 Å². The van der Waals surface area contributed by atoms with Crippen molar-refractivity contribution in [3.63, 3.8) is 0 Å². The molecule has 0 aliphatic rings. The van der Waals surface area contributed by atoms with Gasteiger partial charge in [0.2, 0.25) is 0 Å². The van der Waals surface area contributed by atoms with Crippen molar-refractivity contribution >= 4 is 23.1 Å². The molecule has 6 heteroatoms. The minimum absolute atomic E-state index is 0.0177. The molecule has 0 saturated carbocycles. The summed E-state index contributed by atoms with van der Waals surface area (Å²) in [4.78, 5) is 23.8. The van der Waals surface area contributed by atoms with Crippen molar-refractivity contribution in [2.24, 2.45) is 0 Å². The van der Waals surface area contributed by atoms with Crippen LogP contribution in [0.2, 0.25) is 0 Å². The minimum atomic E-state index is -0.315. The first-order chi connectivity index (χ1) is 15.5. The number of anilines is 2. The van der Waals surface area contributed by atoms with Crippen LogP contribution in [-0.2, 0) is 0 Å². The van der Waals surface area contributed by atoms with Crippen molar-refractivity contribution in [3.8, 4) is 11.5 Å². The van der Waals surface area contributed by atoms with Crippen LogP contribution in [0.3, 0.4) is 0 Å². The molecule has 0 unspecified atom stereocenters. The standard InChI is InChI=1S/2C13H11NO2/c14-11-7-3-1-5-9(11)13(16)10-6-2-4-8-12(10)15;15-12-9-5-4-8-11(12)13(16)14-10-6-2-1-3-7-10/h1-8,15H,14H2;1-9,15H,(H,14,16). The predicted octanol–water partition coefficient (Wildman–Crippen LogP) is 4.85. The SMILES string of the molecule is Nc1ccccc1C(=O)c1ccccc1O.O=C(Nc1ccccc1)c1ccccc1O. The maximum atomic E-state index is 12.0. The number of hydrogen-bond acceptors (Lipinski definition) is 5. The second-order valence-electron chi connectivity index (χ2n) is 6.77. The molecule has 0 bridgehead atoms. The van der Waals surface area contributed by atoms with Crippen molar-refractivity contribution < 1.29 is 19.8 Å². The number of nitrogen functional groups attached to an aromatic ring is 1. The van der Waals surface area contributed by atoms with Crippen LogP contribution in [0.5, 0.6) is 11.5 Å². The van der Waals surface area contributed by atoms with Gasteiger partial charge in [-0.3, -0.25) is 9.59 Å². The molecule has 0 saturated heterocycles. The zero-order chi connectivity index (χ0) is 22.9. The number of aromatic hydroxyl groups is 2. The van der Waals surface area contributed by atoms with E-state index in [4.69, 9.17) is 5.73 Å². The molecule has 0 aliphatic heterocycles. The first-order valence-electron chi connectivity index (χ1n) is 9.79. The molecule has 160 valence electrons. The minimum Gasteiger partial charge on any atom is -0.507 e. The van der Waals surface area contributed by atoms with Crippen molar-refractivity contribution in [2.45, 2.75) is 0 Å². The lowest BCUT2D eigenvalue weighted by atomic mass is 10.0. The fourth-order valence-electron chi connectivity index (χ4n) is 2.90. The third-order valence-corrected chi connectivity index (χ3v) is 4.53. The van der Waals surface area contributed by atoms with E-state index in [1.54, 1.807) is 72.8 Å². The van der Waals surface area contributed by atoms with Gasteiger partial charge in [-0.1, -0.05) is 54.6 Å². The summed E-state index contributed by atoms with van der Waals surface area (Å²) in [6.07, 6.45) is 0. The number of phenols is 2. The monoisotopic (exact) mass is 426 g/mol. The van der Waals surface area contributed by atoms with E-state index < -0.39 is 0 Å². The summed E-state index contributed by atoms with van der Waals surface area (Å²) in [5.41, 5.74) is 7.76. The van der Waals surface area contributed by atoms with Crippen LogP contribution >= 0.6 is 0 Å². The lowest BCUT2D eigenvalue weighted by Crippen LogP contribution is -2.11. The van der Waals surface area contributed by atoms with E-state index in [1.807, 2.05) is 18.2 Å². The summed E-state index contributed by atoms with van der Waals surface area (Å²) in [6, 6.07) is 28.8. The van der Waals surface area contributed by atoms with Crippen LogP contribution in [0.25, 0.3) is 0 Å². The molecule has 6 nitrogen and oxygen atoms in total. The van der Waals surface area contributed by atoms with Gasteiger partial charge in [-0.05, 0) is 48.5 Å². The summed E-state index contributed by atoms with van der Waals surface area (Å²) in [5, 5.41) is 21.8. The van der Waals surface area contributed by atoms with Gasteiger partial charge in [0, 0.05) is 16.9 Å². The van der Waals surface area contributed by atoms with Crippen LogP contribution in [0.4, 0.5) is 11.4 Å². The summed E-state index contributed by atoms with van der Waals surface area (Å²) in [7, 11) is 0. The summed E-state index contributed by atoms with van der Waals surface area (Å²) >= 11 is 0. The number of rotatable bonds is 4. The highest BCUT2D eigenvalue weighted by atomic mass is 16.3. The average Bonchev–Trinajstić information content (AvgIpc) is 2.81. The Bertz CT molecular complexity index is 1180. The lowest BCUT2D eigenvalue weighted by Gasteiger charge is -2.05. The molecule has 0 aliphatic carbocycles. The van der Waals surface area contributed by atoms with Crippen molar-refractivity contribution in [2.75, 3.05) is 11.1 Å². The molecule has 0 atom stereocenters. The molecule has 4 aromatic rings. The van der Waals surface area contributed by atoms with Gasteiger partial charge in [0.25, 0.3) is 5.91 Å². The molecule has 0 fully saturated rings. The number of benzene rings is 4. The second kappa shape index (κ2) is 10.4. The Balaban J connectivity index is 0.000000181. The Morgan fingerprint density at radius 3 is 1.62 bits per heavy atom. The number of hydrogen-bond donors (Lipinski definition) is 4. The smallest absolute Gasteiger partial charge is 0.259 e. The Morgan fingerprint density at radius 2 is 1.06 bits per heavy atom. The highest BCUT2D eigenvalue weighted by Gasteiger charge is 2.14. The number of amides is 1. The van der Waals surface area contributed by atoms with E-state index in [0.717, 1.165) is 0 Å². The van der Waals surface area contributed by atoms with Crippen molar-refractivity contribution in [1.82, 2.24) is 0 Å². The fraction of sp³-hybridized carbons (Fsp3) is 0. The normalized spacial score (nSPS) is 9.88. The molecule has 5 N–H and O–H groups in total. The van der Waals surface area contributed by atoms with E-state index in [-0.39, 0.29) is 34.3 Å². The zero-order valence-electron chi connectivity index (χ0n) is 17.1. The Labute approximate surface area is 185 Å². The molecule has 0 aromatic heterocycles. The maximum absolute atomic E-state index is 12.0. The molecule has 0 spiro atoms. The molecule has 0 radical (unpaired) electrons. The highest BCUT2D eigenvalue weighted by Crippen LogP contribution is 2.22. The topological polar surface area (TPSA) is 113 Å². The van der Waals surface area contributed by atoms with Gasteiger partial charge in [-0.25, -0.2) is 0 Å². The third kappa shape index (κ3) is 5.52. The first-order valence-corrected chi connectivity index (χ1v) is 9.79. The zero-order valence-corrected chi connectivity index (χ0v) is 17.1. The highest BCUT2D eigenvalue weighted by molar-refractivity contribution is 6.13. The molecule has 32 heavy (non-hydrogen) atoms. The maximum Gasteiger partial charge on any atom is 0.259 e. The molecule has 4 aromatic carbocycles. The van der Waals surface area contributed by atoms with Crippen molar-refractivity contribution in [3.05, 3.63) is 120 Å². The third-order valence-electron chi connectivity index (χ3n) is 4.53. The van der Waals surface area contributed by atoms with E-state index in [2.05, 4.69) is 5.32 Å². The number of carbonyl (C=O) groups excluding carboxylic acids is 2. The van der Waals surface area contributed by atoms with Gasteiger partial charge in [-0.15, -0.1) is 0 Å². The van der Waals surface area contributed by atoms with Crippen LogP contribution in [0, 0.1) is 0 Å². The average molecular weight is 426 g/mol.